The first kappa shape index (κ1) is 10.9. The molecule has 0 aliphatic heterocycles. The molecule has 16 heavy (non-hydrogen) atoms. The summed E-state index contributed by atoms with van der Waals surface area (Å²) in [6.07, 6.45) is 2.92. The smallest absolute Gasteiger partial charge is 0.335 e. The molecule has 3 heteroatoms. The molecule has 0 saturated heterocycles. The molecule has 0 bridgehead atoms. The molecule has 1 aliphatic rings. The molecule has 84 valence electrons. The van der Waals surface area contributed by atoms with Crippen LogP contribution < -0.4 is 0 Å². The number of carboxylic acids is 1. The molecule has 0 aromatic heterocycles. The van der Waals surface area contributed by atoms with E-state index in [0.29, 0.717) is 18.4 Å². The maximum Gasteiger partial charge on any atom is 0.335 e. The fourth-order valence-corrected chi connectivity index (χ4v) is 2.34. The fourth-order valence-electron chi connectivity index (χ4n) is 2.34. The van der Waals surface area contributed by atoms with Gasteiger partial charge < -0.3 is 5.11 Å². The molecular formula is C13H14O3. The van der Waals surface area contributed by atoms with Crippen molar-refractivity contribution in [3.05, 3.63) is 35.4 Å². The molecule has 1 aliphatic carbocycles. The van der Waals surface area contributed by atoms with E-state index in [9.17, 15) is 9.59 Å². The molecule has 0 spiro atoms. The third kappa shape index (κ3) is 2.13. The van der Waals surface area contributed by atoms with Gasteiger partial charge in [-0.3, -0.25) is 4.79 Å². The molecule has 0 heterocycles. The summed E-state index contributed by atoms with van der Waals surface area (Å²) in [5.74, 6) is -0.571. The Balaban J connectivity index is 2.32. The first-order chi connectivity index (χ1) is 7.68. The predicted molar refractivity (Wildman–Crippen MR) is 59.6 cm³/mol. The number of rotatable bonds is 2. The third-order valence-corrected chi connectivity index (χ3v) is 3.11. The fraction of sp³-hybridized carbons (Fsp3) is 0.385. The average Bonchev–Trinajstić information content (AvgIpc) is 2.29. The van der Waals surface area contributed by atoms with Crippen molar-refractivity contribution in [2.24, 2.45) is 0 Å². The van der Waals surface area contributed by atoms with Crippen molar-refractivity contribution in [2.45, 2.75) is 31.6 Å². The van der Waals surface area contributed by atoms with Gasteiger partial charge in [0, 0.05) is 12.8 Å². The van der Waals surface area contributed by atoms with Crippen molar-refractivity contribution in [2.75, 3.05) is 0 Å². The van der Waals surface area contributed by atoms with Crippen LogP contribution in [0.4, 0.5) is 0 Å². The maximum absolute atomic E-state index is 11.4. The molecular weight excluding hydrogens is 204 g/mol. The van der Waals surface area contributed by atoms with E-state index >= 15 is 0 Å². The molecule has 1 aromatic rings. The van der Waals surface area contributed by atoms with Crippen LogP contribution in [-0.4, -0.2) is 16.9 Å². The van der Waals surface area contributed by atoms with Gasteiger partial charge >= 0.3 is 5.97 Å². The highest BCUT2D eigenvalue weighted by Gasteiger charge is 2.24. The van der Waals surface area contributed by atoms with E-state index in [0.717, 1.165) is 18.4 Å². The van der Waals surface area contributed by atoms with Crippen LogP contribution in [0.2, 0.25) is 0 Å². The zero-order chi connectivity index (χ0) is 11.5. The number of carbonyl (C=O) groups is 2. The van der Waals surface area contributed by atoms with Crippen molar-refractivity contribution in [1.82, 2.24) is 0 Å². The Labute approximate surface area is 94.1 Å². The highest BCUT2D eigenvalue weighted by molar-refractivity contribution is 5.90. The number of ketones is 1. The summed E-state index contributed by atoms with van der Waals surface area (Å²) in [5.41, 5.74) is 1.14. The minimum atomic E-state index is -0.909. The number of aromatic carboxylic acids is 1. The van der Waals surface area contributed by atoms with E-state index < -0.39 is 5.97 Å². The highest BCUT2D eigenvalue weighted by Crippen LogP contribution is 2.32. The Morgan fingerprint density at radius 2 is 2.06 bits per heavy atom. The zero-order valence-electron chi connectivity index (χ0n) is 8.98. The molecule has 2 rings (SSSR count). The number of hydrogen-bond acceptors (Lipinski definition) is 2. The first-order valence-electron chi connectivity index (χ1n) is 5.52. The van der Waals surface area contributed by atoms with Gasteiger partial charge in [-0.15, -0.1) is 0 Å². The van der Waals surface area contributed by atoms with E-state index in [1.54, 1.807) is 12.1 Å². The molecule has 1 aromatic carbocycles. The monoisotopic (exact) mass is 218 g/mol. The van der Waals surface area contributed by atoms with E-state index in [4.69, 9.17) is 5.11 Å². The molecule has 1 unspecified atom stereocenters. The summed E-state index contributed by atoms with van der Waals surface area (Å²) in [5, 5.41) is 9.08. The van der Waals surface area contributed by atoms with Crippen molar-refractivity contribution >= 4 is 11.8 Å². The van der Waals surface area contributed by atoms with E-state index in [2.05, 4.69) is 0 Å². The van der Waals surface area contributed by atoms with Crippen LogP contribution in [0, 0.1) is 0 Å². The standard InChI is InChI=1S/C13H14O3/c14-10-5-3-4-9(8-10)11-6-1-2-7-12(11)13(15)16/h1-2,6-7,9H,3-5,8H2,(H,15,16). The highest BCUT2D eigenvalue weighted by atomic mass is 16.4. The second kappa shape index (κ2) is 4.47. The predicted octanol–water partition coefficient (Wildman–Crippen LogP) is 2.61. The molecule has 0 amide bonds. The molecule has 1 atom stereocenters. The van der Waals surface area contributed by atoms with Crippen LogP contribution in [0.3, 0.4) is 0 Å². The van der Waals surface area contributed by atoms with E-state index in [1.807, 2.05) is 12.1 Å². The lowest BCUT2D eigenvalue weighted by Crippen LogP contribution is -2.16. The van der Waals surface area contributed by atoms with Gasteiger partial charge in [0.15, 0.2) is 0 Å². The normalized spacial score (nSPS) is 20.8. The van der Waals surface area contributed by atoms with Crippen LogP contribution in [-0.2, 0) is 4.79 Å². The van der Waals surface area contributed by atoms with Crippen LogP contribution in [0.15, 0.2) is 24.3 Å². The second-order valence-electron chi connectivity index (χ2n) is 4.22. The summed E-state index contributed by atoms with van der Waals surface area (Å²) in [6, 6.07) is 6.99. The van der Waals surface area contributed by atoms with Gasteiger partial charge in [0.25, 0.3) is 0 Å². The first-order valence-corrected chi connectivity index (χ1v) is 5.52. The summed E-state index contributed by atoms with van der Waals surface area (Å²) < 4.78 is 0. The molecule has 1 N–H and O–H groups in total. The topological polar surface area (TPSA) is 54.4 Å². The average molecular weight is 218 g/mol. The van der Waals surface area contributed by atoms with Crippen molar-refractivity contribution < 1.29 is 14.7 Å². The van der Waals surface area contributed by atoms with Gasteiger partial charge in [0.1, 0.15) is 5.78 Å². The van der Waals surface area contributed by atoms with Gasteiger partial charge in [-0.25, -0.2) is 4.79 Å². The summed E-state index contributed by atoms with van der Waals surface area (Å²) in [4.78, 5) is 22.4. The van der Waals surface area contributed by atoms with Gasteiger partial charge in [-0.2, -0.15) is 0 Å². The Hall–Kier alpha value is -1.64. The third-order valence-electron chi connectivity index (χ3n) is 3.11. The van der Waals surface area contributed by atoms with Crippen LogP contribution in [0.1, 0.15) is 47.5 Å². The van der Waals surface area contributed by atoms with Crippen molar-refractivity contribution in [3.8, 4) is 0 Å². The van der Waals surface area contributed by atoms with Gasteiger partial charge in [0.05, 0.1) is 5.56 Å². The number of Topliss-reactive ketones (excluding diaryl/α,β-unsaturated/α-hetero) is 1. The van der Waals surface area contributed by atoms with Gasteiger partial charge in [-0.1, -0.05) is 18.2 Å². The second-order valence-corrected chi connectivity index (χ2v) is 4.22. The Bertz CT molecular complexity index is 423. The number of benzene rings is 1. The Morgan fingerprint density at radius 3 is 2.75 bits per heavy atom. The minimum Gasteiger partial charge on any atom is -0.478 e. The van der Waals surface area contributed by atoms with Gasteiger partial charge in [-0.05, 0) is 30.4 Å². The van der Waals surface area contributed by atoms with Crippen LogP contribution >= 0.6 is 0 Å². The summed E-state index contributed by atoms with van der Waals surface area (Å²) >= 11 is 0. The molecule has 0 radical (unpaired) electrons. The van der Waals surface area contributed by atoms with Gasteiger partial charge in [0.2, 0.25) is 0 Å². The number of carbonyl (C=O) groups excluding carboxylic acids is 1. The lowest BCUT2D eigenvalue weighted by atomic mass is 9.81. The SMILES string of the molecule is O=C1CCCC(c2ccccc2C(=O)O)C1. The van der Waals surface area contributed by atoms with Crippen LogP contribution in [0.25, 0.3) is 0 Å². The molecule has 3 nitrogen and oxygen atoms in total. The van der Waals surface area contributed by atoms with E-state index in [-0.39, 0.29) is 11.7 Å². The van der Waals surface area contributed by atoms with Crippen molar-refractivity contribution in [1.29, 1.82) is 0 Å². The van der Waals surface area contributed by atoms with Crippen LogP contribution in [0.5, 0.6) is 0 Å². The number of hydrogen-bond donors (Lipinski definition) is 1. The maximum atomic E-state index is 11.4. The molecule has 1 fully saturated rings. The lowest BCUT2D eigenvalue weighted by Gasteiger charge is -2.22. The summed E-state index contributed by atoms with van der Waals surface area (Å²) in [6.45, 7) is 0. The quantitative estimate of drug-likeness (QED) is 0.830. The number of carboxylic acid groups (broad SMARTS) is 1. The van der Waals surface area contributed by atoms with Crippen molar-refractivity contribution in [3.63, 3.8) is 0 Å². The summed E-state index contributed by atoms with van der Waals surface area (Å²) in [7, 11) is 0. The van der Waals surface area contributed by atoms with E-state index in [1.165, 1.54) is 0 Å². The lowest BCUT2D eigenvalue weighted by molar-refractivity contribution is -0.120. The largest absolute Gasteiger partial charge is 0.478 e. The zero-order valence-corrected chi connectivity index (χ0v) is 8.98. The Kier molecular flexibility index (Phi) is 3.04. The minimum absolute atomic E-state index is 0.0912. The molecule has 1 saturated carbocycles. The Morgan fingerprint density at radius 1 is 1.31 bits per heavy atom.